The second kappa shape index (κ2) is 8.78. The Morgan fingerprint density at radius 1 is 1.11 bits per heavy atom. The number of carboxylic acid groups (broad SMARTS) is 1. The zero-order chi connectivity index (χ0) is 14.1. The fourth-order valence-electron chi connectivity index (χ4n) is 1.56. The number of rotatable bonds is 8. The molecule has 0 fully saturated rings. The summed E-state index contributed by atoms with van der Waals surface area (Å²) < 4.78 is 0. The summed E-state index contributed by atoms with van der Waals surface area (Å²) in [7, 11) is 1.55. The molecule has 0 heterocycles. The molecule has 0 aliphatic heterocycles. The van der Waals surface area contributed by atoms with Crippen LogP contribution in [0.2, 0.25) is 0 Å². The zero-order valence-electron chi connectivity index (χ0n) is 12.0. The van der Waals surface area contributed by atoms with E-state index in [1.807, 2.05) is 0 Å². The van der Waals surface area contributed by atoms with E-state index in [4.69, 9.17) is 5.11 Å². The van der Waals surface area contributed by atoms with Crippen molar-refractivity contribution in [1.29, 1.82) is 0 Å². The highest BCUT2D eigenvalue weighted by Crippen LogP contribution is 2.06. The summed E-state index contributed by atoms with van der Waals surface area (Å²) >= 11 is 0. The van der Waals surface area contributed by atoms with E-state index in [9.17, 15) is 9.59 Å². The van der Waals surface area contributed by atoms with Crippen LogP contribution in [0.15, 0.2) is 0 Å². The van der Waals surface area contributed by atoms with Crippen molar-refractivity contribution in [2.24, 2.45) is 0 Å². The number of hydrogen-bond donors (Lipinski definition) is 1. The molecule has 1 unspecified atom stereocenters. The van der Waals surface area contributed by atoms with Gasteiger partial charge in [-0.15, -0.1) is 0 Å². The Morgan fingerprint density at radius 3 is 1.89 bits per heavy atom. The number of carbonyl (C=O) groups excluding carboxylic acids is 1. The van der Waals surface area contributed by atoms with E-state index in [2.05, 4.69) is 13.8 Å². The Morgan fingerprint density at radius 2 is 1.56 bits per heavy atom. The van der Waals surface area contributed by atoms with Crippen molar-refractivity contribution in [1.82, 2.24) is 9.80 Å². The van der Waals surface area contributed by atoms with Gasteiger partial charge in [0.2, 0.25) is 0 Å². The van der Waals surface area contributed by atoms with Crippen LogP contribution < -0.4 is 0 Å². The molecule has 18 heavy (non-hydrogen) atoms. The second-order valence-corrected chi connectivity index (χ2v) is 4.60. The molecular formula is C13H26N2O3. The first-order valence-corrected chi connectivity index (χ1v) is 6.70. The highest BCUT2D eigenvalue weighted by atomic mass is 16.4. The summed E-state index contributed by atoms with van der Waals surface area (Å²) in [6.07, 6.45) is 3.94. The molecule has 106 valence electrons. The van der Waals surface area contributed by atoms with Crippen LogP contribution in [0.4, 0.5) is 4.79 Å². The summed E-state index contributed by atoms with van der Waals surface area (Å²) in [6, 6.07) is -0.977. The van der Waals surface area contributed by atoms with E-state index < -0.39 is 12.0 Å². The van der Waals surface area contributed by atoms with Crippen molar-refractivity contribution in [3.63, 3.8) is 0 Å². The highest BCUT2D eigenvalue weighted by Gasteiger charge is 2.25. The van der Waals surface area contributed by atoms with Crippen molar-refractivity contribution in [3.05, 3.63) is 0 Å². The van der Waals surface area contributed by atoms with E-state index in [0.29, 0.717) is 13.1 Å². The molecule has 5 nitrogen and oxygen atoms in total. The number of amides is 2. The maximum Gasteiger partial charge on any atom is 0.326 e. The zero-order valence-corrected chi connectivity index (χ0v) is 12.0. The molecule has 5 heteroatoms. The minimum atomic E-state index is -0.975. The van der Waals surface area contributed by atoms with Gasteiger partial charge >= 0.3 is 12.0 Å². The fraction of sp³-hybridized carbons (Fsp3) is 0.846. The van der Waals surface area contributed by atoms with Gasteiger partial charge in [0.15, 0.2) is 0 Å². The van der Waals surface area contributed by atoms with Crippen LogP contribution in [0, 0.1) is 0 Å². The van der Waals surface area contributed by atoms with Crippen LogP contribution in [0.1, 0.15) is 46.5 Å². The minimum absolute atomic E-state index is 0.188. The number of hydrogen-bond acceptors (Lipinski definition) is 2. The van der Waals surface area contributed by atoms with E-state index in [0.717, 1.165) is 25.7 Å². The van der Waals surface area contributed by atoms with E-state index in [1.54, 1.807) is 11.9 Å². The highest BCUT2D eigenvalue weighted by molar-refractivity contribution is 5.82. The first kappa shape index (κ1) is 16.7. The van der Waals surface area contributed by atoms with Crippen molar-refractivity contribution in [2.75, 3.05) is 20.1 Å². The number of carboxylic acids is 1. The van der Waals surface area contributed by atoms with Gasteiger partial charge in [0.05, 0.1) is 0 Å². The fourth-order valence-corrected chi connectivity index (χ4v) is 1.56. The Labute approximate surface area is 110 Å². The quantitative estimate of drug-likeness (QED) is 0.727. The van der Waals surface area contributed by atoms with Gasteiger partial charge in [0.1, 0.15) is 6.04 Å². The van der Waals surface area contributed by atoms with Crippen LogP contribution in [-0.4, -0.2) is 53.1 Å². The van der Waals surface area contributed by atoms with Gasteiger partial charge < -0.3 is 14.9 Å². The molecule has 0 aromatic rings. The lowest BCUT2D eigenvalue weighted by Gasteiger charge is -2.30. The average molecular weight is 258 g/mol. The number of aliphatic carboxylic acids is 1. The Hall–Kier alpha value is -1.26. The van der Waals surface area contributed by atoms with Crippen molar-refractivity contribution < 1.29 is 14.7 Å². The third-order valence-electron chi connectivity index (χ3n) is 3.07. The normalized spacial score (nSPS) is 12.0. The number of unbranched alkanes of at least 4 members (excludes halogenated alkanes) is 2. The number of nitrogens with zero attached hydrogens (tertiary/aromatic N) is 2. The maximum atomic E-state index is 12.2. The van der Waals surface area contributed by atoms with Crippen LogP contribution in [-0.2, 0) is 4.79 Å². The van der Waals surface area contributed by atoms with Crippen LogP contribution in [0.5, 0.6) is 0 Å². The predicted octanol–water partition coefficient (Wildman–Crippen LogP) is 2.41. The lowest BCUT2D eigenvalue weighted by molar-refractivity contribution is -0.141. The standard InChI is InChI=1S/C13H26N2O3/c1-5-7-9-15(10-8-6-2)13(18)14(4)11(3)12(16)17/h11H,5-10H2,1-4H3,(H,16,17). The molecule has 1 N–H and O–H groups in total. The molecule has 0 aliphatic rings. The molecule has 2 amide bonds. The van der Waals surface area contributed by atoms with Gasteiger partial charge in [0, 0.05) is 20.1 Å². The number of urea groups is 1. The van der Waals surface area contributed by atoms with E-state index >= 15 is 0 Å². The molecule has 0 aliphatic carbocycles. The molecule has 0 spiro atoms. The molecule has 0 aromatic heterocycles. The SMILES string of the molecule is CCCCN(CCCC)C(=O)N(C)C(C)C(=O)O. The Bertz CT molecular complexity index is 261. The second-order valence-electron chi connectivity index (χ2n) is 4.60. The van der Waals surface area contributed by atoms with Gasteiger partial charge in [-0.1, -0.05) is 26.7 Å². The monoisotopic (exact) mass is 258 g/mol. The first-order chi connectivity index (χ1) is 8.45. The van der Waals surface area contributed by atoms with Gasteiger partial charge in [-0.05, 0) is 19.8 Å². The molecule has 0 aromatic carbocycles. The van der Waals surface area contributed by atoms with Gasteiger partial charge in [-0.2, -0.15) is 0 Å². The predicted molar refractivity (Wildman–Crippen MR) is 71.6 cm³/mol. The smallest absolute Gasteiger partial charge is 0.326 e. The minimum Gasteiger partial charge on any atom is -0.480 e. The van der Waals surface area contributed by atoms with Gasteiger partial charge in [0.25, 0.3) is 0 Å². The topological polar surface area (TPSA) is 60.9 Å². The van der Waals surface area contributed by atoms with E-state index in [1.165, 1.54) is 11.8 Å². The lowest BCUT2D eigenvalue weighted by Crippen LogP contribution is -2.48. The van der Waals surface area contributed by atoms with Crippen molar-refractivity contribution in [2.45, 2.75) is 52.5 Å². The van der Waals surface area contributed by atoms with Crippen molar-refractivity contribution >= 4 is 12.0 Å². The molecular weight excluding hydrogens is 232 g/mol. The van der Waals surface area contributed by atoms with Crippen LogP contribution in [0.25, 0.3) is 0 Å². The first-order valence-electron chi connectivity index (χ1n) is 6.70. The Kier molecular flexibility index (Phi) is 8.16. The van der Waals surface area contributed by atoms with Crippen molar-refractivity contribution in [3.8, 4) is 0 Å². The average Bonchev–Trinajstić information content (AvgIpc) is 2.36. The molecule has 0 bridgehead atoms. The summed E-state index contributed by atoms with van der Waals surface area (Å²) in [5.74, 6) is -0.975. The van der Waals surface area contributed by atoms with Gasteiger partial charge in [-0.3, -0.25) is 0 Å². The third kappa shape index (κ3) is 5.38. The van der Waals surface area contributed by atoms with Crippen LogP contribution >= 0.6 is 0 Å². The summed E-state index contributed by atoms with van der Waals surface area (Å²) in [5, 5.41) is 8.92. The maximum absolute atomic E-state index is 12.2. The molecule has 0 saturated carbocycles. The number of likely N-dealkylation sites (N-methyl/N-ethyl adjacent to an activating group) is 1. The summed E-state index contributed by atoms with van der Waals surface area (Å²) in [5.41, 5.74) is 0. The molecule has 0 radical (unpaired) electrons. The molecule has 1 atom stereocenters. The summed E-state index contributed by atoms with van der Waals surface area (Å²) in [6.45, 7) is 7.08. The lowest BCUT2D eigenvalue weighted by atomic mass is 10.2. The molecule has 0 saturated heterocycles. The van der Waals surface area contributed by atoms with E-state index in [-0.39, 0.29) is 6.03 Å². The molecule has 0 rings (SSSR count). The Balaban J connectivity index is 4.55. The third-order valence-corrected chi connectivity index (χ3v) is 3.07. The van der Waals surface area contributed by atoms with Gasteiger partial charge in [-0.25, -0.2) is 9.59 Å². The number of carbonyl (C=O) groups is 2. The largest absolute Gasteiger partial charge is 0.480 e. The summed E-state index contributed by atoms with van der Waals surface area (Å²) in [4.78, 5) is 26.1. The van der Waals surface area contributed by atoms with Crippen LogP contribution in [0.3, 0.4) is 0 Å².